The van der Waals surface area contributed by atoms with Crippen molar-refractivity contribution in [3.63, 3.8) is 0 Å². The van der Waals surface area contributed by atoms with Crippen LogP contribution in [0.25, 0.3) is 0 Å². The standard InChI is InChI=1S/C32H47N7O5/c1-4-26-31(41)38(2)27-21-35-32(37-29(27)39(26)23-8-5-6-9-23)36-25-11-10-22(20-28(25)42-3)30(40)34-14-7-17-43-18-19-44-24-12-15-33-16-13-24/h10-11,20-21,23-24,26,33H,4-9,12-19H2,1-3H3,(H,34,40)(H,35,36,37)/t26-/m1/s1. The smallest absolute Gasteiger partial charge is 0.251 e. The van der Waals surface area contributed by atoms with Crippen LogP contribution in [0.1, 0.15) is 68.6 Å². The average Bonchev–Trinajstić information content (AvgIpc) is 3.59. The number of fused-ring (bicyclic) bond motifs is 1. The van der Waals surface area contributed by atoms with Crippen LogP contribution in [-0.2, 0) is 14.3 Å². The molecular formula is C32H47N7O5. The first-order valence-corrected chi connectivity index (χ1v) is 16.1. The van der Waals surface area contributed by atoms with E-state index in [2.05, 4.69) is 25.8 Å². The summed E-state index contributed by atoms with van der Waals surface area (Å²) in [6.45, 7) is 6.30. The second kappa shape index (κ2) is 15.5. The highest BCUT2D eigenvalue weighted by Gasteiger charge is 2.41. The fraction of sp³-hybridized carbons (Fsp3) is 0.625. The predicted molar refractivity (Wildman–Crippen MR) is 170 cm³/mol. The van der Waals surface area contributed by atoms with Gasteiger partial charge < -0.3 is 40.0 Å². The average molecular weight is 610 g/mol. The molecule has 240 valence electrons. The van der Waals surface area contributed by atoms with Gasteiger partial charge in [-0.3, -0.25) is 9.59 Å². The van der Waals surface area contributed by atoms with E-state index in [0.29, 0.717) is 73.9 Å². The highest BCUT2D eigenvalue weighted by atomic mass is 16.5. The van der Waals surface area contributed by atoms with Gasteiger partial charge in [-0.2, -0.15) is 4.98 Å². The molecule has 3 aliphatic rings. The summed E-state index contributed by atoms with van der Waals surface area (Å²) in [4.78, 5) is 39.3. The van der Waals surface area contributed by atoms with Gasteiger partial charge in [0.2, 0.25) is 11.9 Å². The number of amides is 2. The van der Waals surface area contributed by atoms with E-state index in [0.717, 1.165) is 57.4 Å². The van der Waals surface area contributed by atoms with Crippen molar-refractivity contribution in [2.24, 2.45) is 0 Å². The van der Waals surface area contributed by atoms with E-state index in [1.54, 1.807) is 43.5 Å². The Kier molecular flexibility index (Phi) is 11.2. The lowest BCUT2D eigenvalue weighted by Gasteiger charge is -2.43. The van der Waals surface area contributed by atoms with Crippen molar-refractivity contribution in [1.29, 1.82) is 0 Å². The second-order valence-corrected chi connectivity index (χ2v) is 11.7. The van der Waals surface area contributed by atoms with Crippen LogP contribution in [0.5, 0.6) is 5.75 Å². The molecular weight excluding hydrogens is 562 g/mol. The number of rotatable bonds is 14. The summed E-state index contributed by atoms with van der Waals surface area (Å²) in [5.74, 6) is 1.58. The first-order valence-electron chi connectivity index (χ1n) is 16.1. The molecule has 1 aromatic heterocycles. The third kappa shape index (κ3) is 7.59. The Morgan fingerprint density at radius 1 is 1.11 bits per heavy atom. The minimum Gasteiger partial charge on any atom is -0.495 e. The summed E-state index contributed by atoms with van der Waals surface area (Å²) in [7, 11) is 3.36. The van der Waals surface area contributed by atoms with E-state index < -0.39 is 0 Å². The summed E-state index contributed by atoms with van der Waals surface area (Å²) in [5, 5.41) is 9.55. The minimum atomic E-state index is -0.240. The van der Waals surface area contributed by atoms with E-state index in [1.807, 2.05) is 6.92 Å². The van der Waals surface area contributed by atoms with E-state index in [1.165, 1.54) is 0 Å². The third-order valence-corrected chi connectivity index (χ3v) is 8.74. The molecule has 0 radical (unpaired) electrons. The first kappa shape index (κ1) is 31.9. The summed E-state index contributed by atoms with van der Waals surface area (Å²) < 4.78 is 17.1. The normalized spacial score (nSPS) is 19.2. The number of nitrogens with one attached hydrogen (secondary N) is 3. The molecule has 44 heavy (non-hydrogen) atoms. The number of hydrogen-bond acceptors (Lipinski definition) is 10. The fourth-order valence-corrected chi connectivity index (χ4v) is 6.32. The number of aromatic nitrogens is 2. The van der Waals surface area contributed by atoms with Crippen LogP contribution in [0, 0.1) is 0 Å². The lowest BCUT2D eigenvalue weighted by Crippen LogP contribution is -2.55. The van der Waals surface area contributed by atoms with Gasteiger partial charge in [0, 0.05) is 31.8 Å². The van der Waals surface area contributed by atoms with Gasteiger partial charge in [0.15, 0.2) is 5.82 Å². The van der Waals surface area contributed by atoms with Gasteiger partial charge >= 0.3 is 0 Å². The lowest BCUT2D eigenvalue weighted by molar-refractivity contribution is -0.120. The summed E-state index contributed by atoms with van der Waals surface area (Å²) in [6, 6.07) is 5.29. The van der Waals surface area contributed by atoms with Crippen LogP contribution in [0.15, 0.2) is 24.4 Å². The molecule has 1 atom stereocenters. The molecule has 2 aliphatic heterocycles. The summed E-state index contributed by atoms with van der Waals surface area (Å²) in [6.07, 6.45) is 9.98. The topological polar surface area (TPSA) is 130 Å². The second-order valence-electron chi connectivity index (χ2n) is 11.7. The number of carbonyl (C=O) groups is 2. The zero-order valence-corrected chi connectivity index (χ0v) is 26.3. The van der Waals surface area contributed by atoms with Crippen molar-refractivity contribution in [2.75, 3.05) is 68.7 Å². The Morgan fingerprint density at radius 3 is 2.66 bits per heavy atom. The van der Waals surface area contributed by atoms with Crippen LogP contribution in [0.2, 0.25) is 0 Å². The quantitative estimate of drug-likeness (QED) is 0.273. The van der Waals surface area contributed by atoms with E-state index in [-0.39, 0.29) is 23.9 Å². The number of anilines is 4. The van der Waals surface area contributed by atoms with Crippen LogP contribution >= 0.6 is 0 Å². The van der Waals surface area contributed by atoms with Crippen molar-refractivity contribution in [2.45, 2.75) is 76.5 Å². The largest absolute Gasteiger partial charge is 0.495 e. The predicted octanol–water partition coefficient (Wildman–Crippen LogP) is 3.64. The Morgan fingerprint density at radius 2 is 1.91 bits per heavy atom. The molecule has 2 fully saturated rings. The maximum absolute atomic E-state index is 13.2. The van der Waals surface area contributed by atoms with Crippen molar-refractivity contribution in [3.8, 4) is 5.75 Å². The molecule has 3 heterocycles. The molecule has 5 rings (SSSR count). The summed E-state index contributed by atoms with van der Waals surface area (Å²) >= 11 is 0. The van der Waals surface area contributed by atoms with E-state index in [4.69, 9.17) is 19.2 Å². The number of methoxy groups -OCH3 is 1. The van der Waals surface area contributed by atoms with Gasteiger partial charge in [-0.25, -0.2) is 4.98 Å². The Hall–Kier alpha value is -3.48. The molecule has 2 aromatic rings. The van der Waals surface area contributed by atoms with Crippen molar-refractivity contribution >= 4 is 35.0 Å². The number of carbonyl (C=O) groups excluding carboxylic acids is 2. The van der Waals surface area contributed by atoms with Crippen molar-refractivity contribution < 1.29 is 23.8 Å². The molecule has 3 N–H and O–H groups in total. The molecule has 2 amide bonds. The van der Waals surface area contributed by atoms with Crippen LogP contribution < -0.4 is 30.5 Å². The summed E-state index contributed by atoms with van der Waals surface area (Å²) in [5.41, 5.74) is 1.85. The van der Waals surface area contributed by atoms with E-state index >= 15 is 0 Å². The van der Waals surface area contributed by atoms with Gasteiger partial charge in [-0.15, -0.1) is 0 Å². The van der Waals surface area contributed by atoms with Gasteiger partial charge in [-0.05, 0) is 69.8 Å². The highest BCUT2D eigenvalue weighted by Crippen LogP contribution is 2.40. The van der Waals surface area contributed by atoms with Crippen molar-refractivity contribution in [3.05, 3.63) is 30.0 Å². The van der Waals surface area contributed by atoms with Crippen LogP contribution in [0.3, 0.4) is 0 Å². The molecule has 0 unspecified atom stereocenters. The van der Waals surface area contributed by atoms with Gasteiger partial charge in [0.25, 0.3) is 5.91 Å². The molecule has 12 heteroatoms. The molecule has 0 bridgehead atoms. The molecule has 1 saturated heterocycles. The molecule has 1 aliphatic carbocycles. The van der Waals surface area contributed by atoms with Crippen molar-refractivity contribution in [1.82, 2.24) is 20.6 Å². The highest BCUT2D eigenvalue weighted by molar-refractivity contribution is 6.04. The monoisotopic (exact) mass is 609 g/mol. The third-order valence-electron chi connectivity index (χ3n) is 8.74. The van der Waals surface area contributed by atoms with Gasteiger partial charge in [0.05, 0.1) is 38.3 Å². The zero-order valence-electron chi connectivity index (χ0n) is 26.3. The molecule has 12 nitrogen and oxygen atoms in total. The van der Waals surface area contributed by atoms with Crippen LogP contribution in [-0.4, -0.2) is 93.6 Å². The van der Waals surface area contributed by atoms with Gasteiger partial charge in [0.1, 0.15) is 17.5 Å². The number of hydrogen-bond donors (Lipinski definition) is 3. The number of ether oxygens (including phenoxy) is 3. The number of benzene rings is 1. The maximum Gasteiger partial charge on any atom is 0.251 e. The number of piperidine rings is 1. The lowest BCUT2D eigenvalue weighted by atomic mass is 10.0. The van der Waals surface area contributed by atoms with Gasteiger partial charge in [-0.1, -0.05) is 19.8 Å². The molecule has 0 spiro atoms. The Labute approximate surface area is 260 Å². The fourth-order valence-electron chi connectivity index (χ4n) is 6.32. The molecule has 1 saturated carbocycles. The maximum atomic E-state index is 13.2. The van der Waals surface area contributed by atoms with Crippen LogP contribution in [0.4, 0.5) is 23.1 Å². The minimum absolute atomic E-state index is 0.0804. The SMILES string of the molecule is CC[C@@H]1C(=O)N(C)c2cnc(Nc3ccc(C(=O)NCCCOCCOC4CCNCC4)cc3OC)nc2N1C1CCCC1. The van der Waals surface area contributed by atoms with E-state index in [9.17, 15) is 9.59 Å². The number of likely N-dealkylation sites (N-methyl/N-ethyl adjacent to an activating group) is 1. The molecule has 1 aromatic carbocycles. The number of nitrogens with zero attached hydrogens (tertiary/aromatic N) is 4. The Bertz CT molecular complexity index is 1270. The Balaban J connectivity index is 1.15. The zero-order chi connectivity index (χ0) is 30.9. The first-order chi connectivity index (χ1) is 21.5.